The monoisotopic (exact) mass is 241 g/mol. The highest BCUT2D eigenvalue weighted by Gasteiger charge is 2.09. The predicted octanol–water partition coefficient (Wildman–Crippen LogP) is 3.03. The Morgan fingerprint density at radius 3 is 2.83 bits per heavy atom. The number of hydrogen-bond donors (Lipinski definition) is 0. The van der Waals surface area contributed by atoms with Gasteiger partial charge in [-0.1, -0.05) is 0 Å². The number of rotatable bonds is 4. The van der Waals surface area contributed by atoms with E-state index in [4.69, 9.17) is 14.4 Å². The highest BCUT2D eigenvalue weighted by molar-refractivity contribution is 5.73. The van der Waals surface area contributed by atoms with Gasteiger partial charge >= 0.3 is 0 Å². The second kappa shape index (κ2) is 5.19. The normalized spacial score (nSPS) is 9.78. The number of ether oxygens (including phenoxy) is 1. The number of benzene rings is 1. The number of aldehydes is 1. The van der Waals surface area contributed by atoms with Crippen LogP contribution in [0.5, 0.6) is 5.75 Å². The van der Waals surface area contributed by atoms with Gasteiger partial charge in [-0.05, 0) is 37.3 Å². The number of carbonyl (C=O) groups is 1. The molecule has 0 radical (unpaired) electrons. The Balaban J connectivity index is 2.41. The molecule has 2 rings (SSSR count). The molecule has 4 heteroatoms. The summed E-state index contributed by atoms with van der Waals surface area (Å²) < 4.78 is 10.6. The van der Waals surface area contributed by atoms with E-state index in [2.05, 4.69) is 6.07 Å². The zero-order valence-corrected chi connectivity index (χ0v) is 9.84. The van der Waals surface area contributed by atoms with E-state index >= 15 is 0 Å². The summed E-state index contributed by atoms with van der Waals surface area (Å²) in [5, 5.41) is 9.05. The van der Waals surface area contributed by atoms with Gasteiger partial charge in [-0.25, -0.2) is 0 Å². The second-order valence-corrected chi connectivity index (χ2v) is 3.58. The van der Waals surface area contributed by atoms with Crippen LogP contribution in [-0.4, -0.2) is 12.9 Å². The topological polar surface area (TPSA) is 63.2 Å². The second-order valence-electron chi connectivity index (χ2n) is 3.58. The van der Waals surface area contributed by atoms with E-state index in [1.807, 2.05) is 6.92 Å². The molecule has 0 unspecified atom stereocenters. The van der Waals surface area contributed by atoms with E-state index in [-0.39, 0.29) is 5.76 Å². The fourth-order valence-electron chi connectivity index (χ4n) is 1.62. The first-order chi connectivity index (χ1) is 8.78. The predicted molar refractivity (Wildman–Crippen MR) is 65.4 cm³/mol. The molecule has 0 amide bonds. The zero-order chi connectivity index (χ0) is 13.0. The number of furan rings is 1. The highest BCUT2D eigenvalue weighted by Crippen LogP contribution is 2.27. The third kappa shape index (κ3) is 2.25. The standard InChI is InChI=1S/C14H11NO3/c1-2-17-13-5-3-10(7-11(13)8-15)14-6-4-12(9-16)18-14/h3-7,9H,2H2,1H3. The van der Waals surface area contributed by atoms with Gasteiger partial charge in [0, 0.05) is 5.56 Å². The van der Waals surface area contributed by atoms with E-state index in [0.717, 1.165) is 5.56 Å². The Morgan fingerprint density at radius 1 is 1.39 bits per heavy atom. The molecule has 1 aromatic carbocycles. The Labute approximate surface area is 104 Å². The van der Waals surface area contributed by atoms with E-state index in [0.29, 0.717) is 30.0 Å². The molecule has 0 aliphatic rings. The van der Waals surface area contributed by atoms with Crippen molar-refractivity contribution in [2.45, 2.75) is 6.92 Å². The van der Waals surface area contributed by atoms with Gasteiger partial charge in [0.1, 0.15) is 17.6 Å². The van der Waals surface area contributed by atoms with Crippen LogP contribution in [0.4, 0.5) is 0 Å². The summed E-state index contributed by atoms with van der Waals surface area (Å²) in [6.07, 6.45) is 0.642. The summed E-state index contributed by atoms with van der Waals surface area (Å²) in [6.45, 7) is 2.36. The van der Waals surface area contributed by atoms with Crippen LogP contribution in [0.3, 0.4) is 0 Å². The fourth-order valence-corrected chi connectivity index (χ4v) is 1.62. The minimum atomic E-state index is 0.261. The molecule has 0 saturated carbocycles. The van der Waals surface area contributed by atoms with Gasteiger partial charge in [-0.15, -0.1) is 0 Å². The smallest absolute Gasteiger partial charge is 0.185 e. The van der Waals surface area contributed by atoms with Crippen molar-refractivity contribution in [2.24, 2.45) is 0 Å². The average Bonchev–Trinajstić information content (AvgIpc) is 2.88. The Morgan fingerprint density at radius 2 is 2.22 bits per heavy atom. The van der Waals surface area contributed by atoms with E-state index in [1.54, 1.807) is 30.3 Å². The quantitative estimate of drug-likeness (QED) is 0.772. The summed E-state index contributed by atoms with van der Waals surface area (Å²) in [7, 11) is 0. The molecule has 1 aromatic heterocycles. The van der Waals surface area contributed by atoms with Crippen molar-refractivity contribution < 1.29 is 13.9 Å². The van der Waals surface area contributed by atoms with Gasteiger partial charge in [0.05, 0.1) is 12.2 Å². The Bertz CT molecular complexity index is 608. The van der Waals surface area contributed by atoms with Crippen LogP contribution in [0.25, 0.3) is 11.3 Å². The van der Waals surface area contributed by atoms with Gasteiger partial charge < -0.3 is 9.15 Å². The van der Waals surface area contributed by atoms with Crippen molar-refractivity contribution in [3.63, 3.8) is 0 Å². The zero-order valence-electron chi connectivity index (χ0n) is 9.84. The van der Waals surface area contributed by atoms with Gasteiger partial charge in [0.25, 0.3) is 0 Å². The minimum absolute atomic E-state index is 0.261. The molecule has 4 nitrogen and oxygen atoms in total. The van der Waals surface area contributed by atoms with Gasteiger partial charge in [0.15, 0.2) is 12.0 Å². The van der Waals surface area contributed by atoms with Crippen LogP contribution in [0.2, 0.25) is 0 Å². The molecule has 90 valence electrons. The fraction of sp³-hybridized carbons (Fsp3) is 0.143. The van der Waals surface area contributed by atoms with Crippen molar-refractivity contribution in [3.8, 4) is 23.1 Å². The third-order valence-corrected chi connectivity index (χ3v) is 2.43. The summed E-state index contributed by atoms with van der Waals surface area (Å²) in [5.41, 5.74) is 1.18. The molecule has 0 spiro atoms. The Hall–Kier alpha value is -2.54. The molecule has 0 bridgehead atoms. The van der Waals surface area contributed by atoms with Gasteiger partial charge in [-0.2, -0.15) is 5.26 Å². The molecule has 1 heterocycles. The van der Waals surface area contributed by atoms with Crippen LogP contribution in [0, 0.1) is 11.3 Å². The van der Waals surface area contributed by atoms with Crippen LogP contribution in [-0.2, 0) is 0 Å². The molecular formula is C14H11NO3. The summed E-state index contributed by atoms with van der Waals surface area (Å²) in [6, 6.07) is 10.6. The van der Waals surface area contributed by atoms with Crippen LogP contribution < -0.4 is 4.74 Å². The molecule has 0 N–H and O–H groups in total. The van der Waals surface area contributed by atoms with E-state index in [9.17, 15) is 4.79 Å². The van der Waals surface area contributed by atoms with E-state index < -0.39 is 0 Å². The lowest BCUT2D eigenvalue weighted by Gasteiger charge is -2.06. The molecule has 0 aliphatic heterocycles. The van der Waals surface area contributed by atoms with Crippen molar-refractivity contribution in [1.29, 1.82) is 5.26 Å². The maximum atomic E-state index is 10.5. The minimum Gasteiger partial charge on any atom is -0.492 e. The summed E-state index contributed by atoms with van der Waals surface area (Å²) in [5.74, 6) is 1.36. The maximum Gasteiger partial charge on any atom is 0.185 e. The van der Waals surface area contributed by atoms with Crippen molar-refractivity contribution in [1.82, 2.24) is 0 Å². The maximum absolute atomic E-state index is 10.5. The first-order valence-electron chi connectivity index (χ1n) is 5.50. The first kappa shape index (κ1) is 11.9. The first-order valence-corrected chi connectivity index (χ1v) is 5.50. The highest BCUT2D eigenvalue weighted by atomic mass is 16.5. The molecular weight excluding hydrogens is 230 g/mol. The van der Waals surface area contributed by atoms with Crippen molar-refractivity contribution >= 4 is 6.29 Å². The number of hydrogen-bond acceptors (Lipinski definition) is 4. The lowest BCUT2D eigenvalue weighted by atomic mass is 10.1. The summed E-state index contributed by atoms with van der Waals surface area (Å²) >= 11 is 0. The largest absolute Gasteiger partial charge is 0.492 e. The van der Waals surface area contributed by atoms with E-state index in [1.165, 1.54) is 0 Å². The lowest BCUT2D eigenvalue weighted by Crippen LogP contribution is -1.94. The molecule has 0 aliphatic carbocycles. The third-order valence-electron chi connectivity index (χ3n) is 2.43. The molecule has 0 saturated heterocycles. The van der Waals surface area contributed by atoms with Crippen molar-refractivity contribution in [3.05, 3.63) is 41.7 Å². The molecule has 0 fully saturated rings. The van der Waals surface area contributed by atoms with Crippen LogP contribution >= 0.6 is 0 Å². The molecule has 18 heavy (non-hydrogen) atoms. The summed E-state index contributed by atoms with van der Waals surface area (Å²) in [4.78, 5) is 10.5. The SMILES string of the molecule is CCOc1ccc(-c2ccc(C=O)o2)cc1C#N. The number of nitriles is 1. The Kier molecular flexibility index (Phi) is 3.44. The molecule has 2 aromatic rings. The lowest BCUT2D eigenvalue weighted by molar-refractivity contribution is 0.110. The van der Waals surface area contributed by atoms with Gasteiger partial charge in [-0.3, -0.25) is 4.79 Å². The van der Waals surface area contributed by atoms with Crippen molar-refractivity contribution in [2.75, 3.05) is 6.61 Å². The van der Waals surface area contributed by atoms with Crippen LogP contribution in [0.1, 0.15) is 23.0 Å². The molecule has 0 atom stereocenters. The number of carbonyl (C=O) groups excluding carboxylic acids is 1. The number of nitrogens with zero attached hydrogens (tertiary/aromatic N) is 1. The van der Waals surface area contributed by atoms with Crippen LogP contribution in [0.15, 0.2) is 34.7 Å². The van der Waals surface area contributed by atoms with Gasteiger partial charge in [0.2, 0.25) is 0 Å². The average molecular weight is 241 g/mol.